The minimum absolute atomic E-state index is 0.138. The molecule has 0 fully saturated rings. The van der Waals surface area contributed by atoms with Gasteiger partial charge in [0.2, 0.25) is 10.0 Å². The summed E-state index contributed by atoms with van der Waals surface area (Å²) in [4.78, 5) is 0.138. The van der Waals surface area contributed by atoms with Crippen LogP contribution in [0, 0.1) is 0 Å². The first-order valence-electron chi connectivity index (χ1n) is 9.85. The molecule has 0 aliphatic carbocycles. The van der Waals surface area contributed by atoms with Crippen LogP contribution < -0.4 is 9.46 Å². The zero-order chi connectivity index (χ0) is 22.9. The molecule has 1 atom stereocenters. The average molecular weight is 491 g/mol. The number of nitrogens with zero attached hydrogens (tertiary/aromatic N) is 3. The Morgan fingerprint density at radius 1 is 1.06 bits per heavy atom. The van der Waals surface area contributed by atoms with Crippen molar-refractivity contribution < 1.29 is 13.2 Å². The number of hydrogen-bond acceptors (Lipinski definition) is 5. The summed E-state index contributed by atoms with van der Waals surface area (Å²) in [5.74, 6) is 0.981. The summed E-state index contributed by atoms with van der Waals surface area (Å²) in [6.07, 6.45) is 0. The molecular formula is C22H20Cl2N4O3S. The van der Waals surface area contributed by atoms with E-state index < -0.39 is 16.1 Å². The number of nitrogens with one attached hydrogen (secondary N) is 1. The molecule has 32 heavy (non-hydrogen) atoms. The standard InChI is InChI=1S/C22H20Cl2N4O3S/c1-3-28-21(25-26-22(28)31-17-9-7-16(23)8-10-17)14(2)27-32(29,30)18-11-12-19-15(13-18)5-4-6-20(19)24/h4-14,27H,3H2,1-2H3/t14-/m1/s1. The molecule has 0 spiro atoms. The molecule has 4 rings (SSSR count). The molecule has 0 aliphatic heterocycles. The van der Waals surface area contributed by atoms with E-state index in [9.17, 15) is 8.42 Å². The van der Waals surface area contributed by atoms with E-state index in [0.29, 0.717) is 28.2 Å². The van der Waals surface area contributed by atoms with Gasteiger partial charge in [-0.05, 0) is 61.7 Å². The second-order valence-electron chi connectivity index (χ2n) is 7.11. The maximum absolute atomic E-state index is 13.0. The molecule has 7 nitrogen and oxygen atoms in total. The van der Waals surface area contributed by atoms with Crippen LogP contribution in [0.25, 0.3) is 10.8 Å². The lowest BCUT2D eigenvalue weighted by Crippen LogP contribution is -2.29. The molecule has 0 radical (unpaired) electrons. The Morgan fingerprint density at radius 2 is 1.81 bits per heavy atom. The smallest absolute Gasteiger partial charge is 0.322 e. The summed E-state index contributed by atoms with van der Waals surface area (Å²) in [6.45, 7) is 4.10. The number of aromatic nitrogens is 3. The normalized spacial score (nSPS) is 12.8. The second kappa shape index (κ2) is 9.07. The van der Waals surface area contributed by atoms with Crippen molar-refractivity contribution in [2.75, 3.05) is 0 Å². The van der Waals surface area contributed by atoms with Gasteiger partial charge in [0.25, 0.3) is 0 Å². The van der Waals surface area contributed by atoms with Gasteiger partial charge in [-0.3, -0.25) is 4.57 Å². The van der Waals surface area contributed by atoms with E-state index in [-0.39, 0.29) is 10.9 Å². The zero-order valence-electron chi connectivity index (χ0n) is 17.3. The average Bonchev–Trinajstić information content (AvgIpc) is 3.17. The van der Waals surface area contributed by atoms with E-state index in [2.05, 4.69) is 14.9 Å². The summed E-state index contributed by atoms with van der Waals surface area (Å²) in [6, 6.07) is 16.6. The van der Waals surface area contributed by atoms with Gasteiger partial charge in [0.05, 0.1) is 10.9 Å². The van der Waals surface area contributed by atoms with Crippen LogP contribution in [0.1, 0.15) is 25.7 Å². The Bertz CT molecular complexity index is 1370. The van der Waals surface area contributed by atoms with Crippen LogP contribution in [-0.4, -0.2) is 23.2 Å². The Kier molecular flexibility index (Phi) is 6.39. The van der Waals surface area contributed by atoms with Crippen molar-refractivity contribution in [3.8, 4) is 11.8 Å². The van der Waals surface area contributed by atoms with Crippen LogP contribution in [-0.2, 0) is 16.6 Å². The Balaban J connectivity index is 1.58. The van der Waals surface area contributed by atoms with Gasteiger partial charge in [-0.15, -0.1) is 5.10 Å². The summed E-state index contributed by atoms with van der Waals surface area (Å²) >= 11 is 12.1. The van der Waals surface area contributed by atoms with E-state index in [1.54, 1.807) is 60.0 Å². The van der Waals surface area contributed by atoms with E-state index in [1.807, 2.05) is 13.0 Å². The first-order valence-corrected chi connectivity index (χ1v) is 12.1. The molecule has 0 unspecified atom stereocenters. The van der Waals surface area contributed by atoms with Crippen molar-refractivity contribution in [1.29, 1.82) is 0 Å². The van der Waals surface area contributed by atoms with Gasteiger partial charge in [-0.1, -0.05) is 46.5 Å². The van der Waals surface area contributed by atoms with E-state index in [0.717, 1.165) is 10.8 Å². The molecule has 166 valence electrons. The van der Waals surface area contributed by atoms with E-state index in [4.69, 9.17) is 27.9 Å². The minimum Gasteiger partial charge on any atom is -0.424 e. The van der Waals surface area contributed by atoms with Crippen LogP contribution >= 0.6 is 23.2 Å². The lowest BCUT2D eigenvalue weighted by molar-refractivity contribution is 0.408. The minimum atomic E-state index is -3.82. The molecule has 0 bridgehead atoms. The fourth-order valence-corrected chi connectivity index (χ4v) is 4.95. The van der Waals surface area contributed by atoms with E-state index in [1.165, 1.54) is 6.07 Å². The van der Waals surface area contributed by atoms with Crippen LogP contribution in [0.15, 0.2) is 65.6 Å². The number of ether oxygens (including phenoxy) is 1. The van der Waals surface area contributed by atoms with E-state index >= 15 is 0 Å². The summed E-state index contributed by atoms with van der Waals surface area (Å²) < 4.78 is 36.2. The molecule has 4 aromatic rings. The van der Waals surface area contributed by atoms with Gasteiger partial charge in [0, 0.05) is 22.0 Å². The Labute approximate surface area is 196 Å². The number of halogens is 2. The van der Waals surface area contributed by atoms with Gasteiger partial charge in [0.15, 0.2) is 5.82 Å². The number of sulfonamides is 1. The highest BCUT2D eigenvalue weighted by molar-refractivity contribution is 7.89. The third kappa shape index (κ3) is 4.59. The largest absolute Gasteiger partial charge is 0.424 e. The molecule has 1 aromatic heterocycles. The van der Waals surface area contributed by atoms with Gasteiger partial charge >= 0.3 is 6.01 Å². The van der Waals surface area contributed by atoms with Crippen molar-refractivity contribution in [1.82, 2.24) is 19.5 Å². The number of hydrogen-bond donors (Lipinski definition) is 1. The molecule has 1 N–H and O–H groups in total. The molecule has 1 heterocycles. The quantitative estimate of drug-likeness (QED) is 0.364. The Hall–Kier alpha value is -2.65. The van der Waals surface area contributed by atoms with Crippen molar-refractivity contribution in [3.05, 3.63) is 76.5 Å². The van der Waals surface area contributed by atoms with Crippen molar-refractivity contribution in [2.24, 2.45) is 0 Å². The van der Waals surface area contributed by atoms with Crippen molar-refractivity contribution >= 4 is 44.0 Å². The SMILES string of the molecule is CCn1c(Oc2ccc(Cl)cc2)nnc1[C@@H](C)NS(=O)(=O)c1ccc2c(Cl)cccc2c1. The number of rotatable bonds is 7. The van der Waals surface area contributed by atoms with Crippen molar-refractivity contribution in [2.45, 2.75) is 31.3 Å². The second-order valence-corrected chi connectivity index (χ2v) is 9.66. The molecule has 0 saturated carbocycles. The van der Waals surface area contributed by atoms with Gasteiger partial charge in [-0.25, -0.2) is 13.1 Å². The molecule has 0 saturated heterocycles. The molecule has 10 heteroatoms. The first kappa shape index (κ1) is 22.5. The lowest BCUT2D eigenvalue weighted by atomic mass is 10.1. The van der Waals surface area contributed by atoms with Gasteiger partial charge in [0.1, 0.15) is 5.75 Å². The summed E-state index contributed by atoms with van der Waals surface area (Å²) in [5, 5.41) is 10.9. The molecule has 0 aliphatic rings. The molecule has 0 amide bonds. The number of fused-ring (bicyclic) bond motifs is 1. The highest BCUT2D eigenvalue weighted by Gasteiger charge is 2.24. The van der Waals surface area contributed by atoms with Gasteiger partial charge in [-0.2, -0.15) is 0 Å². The highest BCUT2D eigenvalue weighted by atomic mass is 35.5. The summed E-state index contributed by atoms with van der Waals surface area (Å²) in [5.41, 5.74) is 0. The maximum atomic E-state index is 13.0. The van der Waals surface area contributed by atoms with Crippen LogP contribution in [0.2, 0.25) is 10.0 Å². The van der Waals surface area contributed by atoms with Gasteiger partial charge < -0.3 is 4.74 Å². The van der Waals surface area contributed by atoms with Crippen LogP contribution in [0.3, 0.4) is 0 Å². The third-order valence-corrected chi connectivity index (χ3v) is 7.03. The predicted molar refractivity (Wildman–Crippen MR) is 125 cm³/mol. The lowest BCUT2D eigenvalue weighted by Gasteiger charge is -2.16. The third-order valence-electron chi connectivity index (χ3n) is 4.91. The highest BCUT2D eigenvalue weighted by Crippen LogP contribution is 2.28. The summed E-state index contributed by atoms with van der Waals surface area (Å²) in [7, 11) is -3.82. The first-order chi connectivity index (χ1) is 15.3. The van der Waals surface area contributed by atoms with Crippen LogP contribution in [0.5, 0.6) is 11.8 Å². The van der Waals surface area contributed by atoms with Crippen LogP contribution in [0.4, 0.5) is 0 Å². The molecule has 3 aromatic carbocycles. The molecular weight excluding hydrogens is 471 g/mol. The number of benzene rings is 3. The fourth-order valence-electron chi connectivity index (χ4n) is 3.34. The zero-order valence-corrected chi connectivity index (χ0v) is 19.6. The monoisotopic (exact) mass is 490 g/mol. The fraction of sp³-hybridized carbons (Fsp3) is 0.182. The Morgan fingerprint density at radius 3 is 2.53 bits per heavy atom. The van der Waals surface area contributed by atoms with Crippen molar-refractivity contribution in [3.63, 3.8) is 0 Å². The maximum Gasteiger partial charge on any atom is 0.322 e. The predicted octanol–water partition coefficient (Wildman–Crippen LogP) is 5.59. The topological polar surface area (TPSA) is 86.1 Å².